The highest BCUT2D eigenvalue weighted by atomic mass is 32.1. The van der Waals surface area contributed by atoms with Gasteiger partial charge in [0.25, 0.3) is 0 Å². The number of benzene rings is 2. The van der Waals surface area contributed by atoms with Crippen LogP contribution < -0.4 is 10.6 Å². The molecule has 2 rings (SSSR count). The van der Waals surface area contributed by atoms with Crippen LogP contribution in [0.15, 0.2) is 48.5 Å². The number of ketones is 1. The molecule has 0 atom stereocenters. The number of hydrogen-bond donors (Lipinski definition) is 2. The molecule has 0 spiro atoms. The van der Waals surface area contributed by atoms with Gasteiger partial charge in [0.1, 0.15) is 0 Å². The lowest BCUT2D eigenvalue weighted by molar-refractivity contribution is 0.101. The van der Waals surface area contributed by atoms with E-state index in [1.54, 1.807) is 19.1 Å². The van der Waals surface area contributed by atoms with Crippen LogP contribution in [0, 0.1) is 6.92 Å². The molecule has 2 N–H and O–H groups in total. The van der Waals surface area contributed by atoms with E-state index in [4.69, 9.17) is 12.2 Å². The summed E-state index contributed by atoms with van der Waals surface area (Å²) in [7, 11) is 0. The van der Waals surface area contributed by atoms with Gasteiger partial charge in [-0.1, -0.05) is 12.1 Å². The van der Waals surface area contributed by atoms with Crippen molar-refractivity contribution >= 4 is 34.5 Å². The lowest BCUT2D eigenvalue weighted by Crippen LogP contribution is -2.19. The molecule has 0 radical (unpaired) electrons. The third-order valence-electron chi connectivity index (χ3n) is 2.83. The van der Waals surface area contributed by atoms with E-state index >= 15 is 0 Å². The molecular weight excluding hydrogens is 268 g/mol. The van der Waals surface area contributed by atoms with E-state index < -0.39 is 0 Å². The van der Waals surface area contributed by atoms with Gasteiger partial charge in [-0.25, -0.2) is 0 Å². The van der Waals surface area contributed by atoms with Gasteiger partial charge >= 0.3 is 0 Å². The first-order valence-corrected chi connectivity index (χ1v) is 6.71. The summed E-state index contributed by atoms with van der Waals surface area (Å²) < 4.78 is 0. The van der Waals surface area contributed by atoms with Crippen LogP contribution >= 0.6 is 12.2 Å². The van der Waals surface area contributed by atoms with Crippen molar-refractivity contribution in [3.63, 3.8) is 0 Å². The van der Waals surface area contributed by atoms with Gasteiger partial charge in [0.2, 0.25) is 0 Å². The van der Waals surface area contributed by atoms with Crippen LogP contribution in [0.4, 0.5) is 11.4 Å². The zero-order chi connectivity index (χ0) is 14.5. The third-order valence-corrected chi connectivity index (χ3v) is 3.03. The fraction of sp³-hybridized carbons (Fsp3) is 0.125. The van der Waals surface area contributed by atoms with Crippen LogP contribution in [0.2, 0.25) is 0 Å². The topological polar surface area (TPSA) is 41.1 Å². The Morgan fingerprint density at radius 3 is 2.25 bits per heavy atom. The predicted octanol–water partition coefficient (Wildman–Crippen LogP) is 4.01. The second-order valence-electron chi connectivity index (χ2n) is 4.58. The average molecular weight is 284 g/mol. The predicted molar refractivity (Wildman–Crippen MR) is 87.5 cm³/mol. The van der Waals surface area contributed by atoms with Crippen molar-refractivity contribution in [3.05, 3.63) is 59.7 Å². The summed E-state index contributed by atoms with van der Waals surface area (Å²) in [4.78, 5) is 11.2. The number of hydrogen-bond acceptors (Lipinski definition) is 2. The van der Waals surface area contributed by atoms with Gasteiger partial charge in [0.15, 0.2) is 10.9 Å². The number of carbonyl (C=O) groups is 1. The Morgan fingerprint density at radius 2 is 1.65 bits per heavy atom. The van der Waals surface area contributed by atoms with Crippen molar-refractivity contribution in [2.75, 3.05) is 10.6 Å². The molecule has 0 heterocycles. The molecule has 0 bridgehead atoms. The van der Waals surface area contributed by atoms with Gasteiger partial charge in [-0.15, -0.1) is 0 Å². The molecular formula is C16H16N2OS. The van der Waals surface area contributed by atoms with E-state index in [9.17, 15) is 4.79 Å². The van der Waals surface area contributed by atoms with Crippen molar-refractivity contribution < 1.29 is 4.79 Å². The zero-order valence-corrected chi connectivity index (χ0v) is 12.3. The molecule has 0 amide bonds. The number of aryl methyl sites for hydroxylation is 1. The summed E-state index contributed by atoms with van der Waals surface area (Å²) >= 11 is 5.26. The van der Waals surface area contributed by atoms with Crippen LogP contribution in [0.25, 0.3) is 0 Å². The number of carbonyl (C=O) groups excluding carboxylic acids is 1. The molecule has 20 heavy (non-hydrogen) atoms. The second kappa shape index (κ2) is 6.30. The van der Waals surface area contributed by atoms with E-state index in [1.807, 2.05) is 43.3 Å². The molecule has 0 aliphatic rings. The van der Waals surface area contributed by atoms with Crippen LogP contribution in [0.1, 0.15) is 22.8 Å². The lowest BCUT2D eigenvalue weighted by atomic mass is 10.1. The molecule has 0 saturated heterocycles. The minimum absolute atomic E-state index is 0.0528. The van der Waals surface area contributed by atoms with Crippen LogP contribution in [-0.4, -0.2) is 10.9 Å². The first-order valence-electron chi connectivity index (χ1n) is 6.30. The highest BCUT2D eigenvalue weighted by molar-refractivity contribution is 7.80. The van der Waals surface area contributed by atoms with Gasteiger partial charge in [-0.2, -0.15) is 0 Å². The smallest absolute Gasteiger partial charge is 0.175 e. The normalized spacial score (nSPS) is 9.90. The molecule has 3 nitrogen and oxygen atoms in total. The number of rotatable bonds is 3. The van der Waals surface area contributed by atoms with Crippen molar-refractivity contribution in [1.82, 2.24) is 0 Å². The summed E-state index contributed by atoms with van der Waals surface area (Å²) in [6.45, 7) is 3.58. The maximum Gasteiger partial charge on any atom is 0.175 e. The number of anilines is 2. The molecule has 0 aliphatic heterocycles. The first-order chi connectivity index (χ1) is 9.54. The highest BCUT2D eigenvalue weighted by Gasteiger charge is 2.01. The third kappa shape index (κ3) is 3.90. The zero-order valence-electron chi connectivity index (χ0n) is 11.4. The van der Waals surface area contributed by atoms with Crippen LogP contribution in [0.5, 0.6) is 0 Å². The van der Waals surface area contributed by atoms with Crippen molar-refractivity contribution in [2.45, 2.75) is 13.8 Å². The Morgan fingerprint density at radius 1 is 1.00 bits per heavy atom. The second-order valence-corrected chi connectivity index (χ2v) is 4.99. The van der Waals surface area contributed by atoms with E-state index in [-0.39, 0.29) is 5.78 Å². The molecule has 0 aliphatic carbocycles. The quantitative estimate of drug-likeness (QED) is 0.660. The molecule has 2 aromatic rings. The van der Waals surface area contributed by atoms with Gasteiger partial charge < -0.3 is 10.6 Å². The minimum Gasteiger partial charge on any atom is -0.332 e. The van der Waals surface area contributed by atoms with E-state index in [0.717, 1.165) is 11.4 Å². The number of Topliss-reactive ketones (excluding diaryl/α,β-unsaturated/α-hetero) is 1. The van der Waals surface area contributed by atoms with E-state index in [0.29, 0.717) is 10.7 Å². The molecule has 0 aromatic heterocycles. The Bertz CT molecular complexity index is 635. The minimum atomic E-state index is 0.0528. The van der Waals surface area contributed by atoms with Crippen molar-refractivity contribution in [3.8, 4) is 0 Å². The highest BCUT2D eigenvalue weighted by Crippen LogP contribution is 2.13. The van der Waals surface area contributed by atoms with Crippen molar-refractivity contribution in [2.24, 2.45) is 0 Å². The maximum absolute atomic E-state index is 11.2. The average Bonchev–Trinajstić information content (AvgIpc) is 2.39. The first kappa shape index (κ1) is 14.2. The Hall–Kier alpha value is -2.20. The summed E-state index contributed by atoms with van der Waals surface area (Å²) in [5, 5.41) is 6.73. The summed E-state index contributed by atoms with van der Waals surface area (Å²) in [6.07, 6.45) is 0. The molecule has 0 unspecified atom stereocenters. The fourth-order valence-electron chi connectivity index (χ4n) is 1.80. The van der Waals surface area contributed by atoms with E-state index in [2.05, 4.69) is 10.6 Å². The maximum atomic E-state index is 11.2. The Kier molecular flexibility index (Phi) is 4.48. The van der Waals surface area contributed by atoms with Crippen molar-refractivity contribution in [1.29, 1.82) is 0 Å². The molecule has 2 aromatic carbocycles. The van der Waals surface area contributed by atoms with Gasteiger partial charge in [0.05, 0.1) is 0 Å². The largest absolute Gasteiger partial charge is 0.332 e. The standard InChI is InChI=1S/C16H16N2OS/c1-11-4-3-5-15(10-11)18-16(20)17-14-8-6-13(7-9-14)12(2)19/h3-10H,1-2H3,(H2,17,18,20). The number of nitrogens with one attached hydrogen (secondary N) is 2. The van der Waals surface area contributed by atoms with Gasteiger partial charge in [0, 0.05) is 16.9 Å². The monoisotopic (exact) mass is 284 g/mol. The Labute approximate surface area is 124 Å². The van der Waals surface area contributed by atoms with Crippen LogP contribution in [-0.2, 0) is 0 Å². The molecule has 102 valence electrons. The van der Waals surface area contributed by atoms with E-state index in [1.165, 1.54) is 5.56 Å². The molecule has 0 fully saturated rings. The van der Waals surface area contributed by atoms with Gasteiger partial charge in [-0.05, 0) is 68.0 Å². The Balaban J connectivity index is 1.99. The van der Waals surface area contributed by atoms with Crippen LogP contribution in [0.3, 0.4) is 0 Å². The number of thiocarbonyl (C=S) groups is 1. The summed E-state index contributed by atoms with van der Waals surface area (Å²) in [6, 6.07) is 15.2. The van der Waals surface area contributed by atoms with Gasteiger partial charge in [-0.3, -0.25) is 4.79 Å². The fourth-order valence-corrected chi connectivity index (χ4v) is 2.04. The molecule has 0 saturated carbocycles. The summed E-state index contributed by atoms with van der Waals surface area (Å²) in [5.41, 5.74) is 3.65. The summed E-state index contributed by atoms with van der Waals surface area (Å²) in [5.74, 6) is 0.0528. The molecule has 4 heteroatoms. The lowest BCUT2D eigenvalue weighted by Gasteiger charge is -2.11. The SMILES string of the molecule is CC(=O)c1ccc(NC(=S)Nc2cccc(C)c2)cc1.